The van der Waals surface area contributed by atoms with Gasteiger partial charge in [-0.05, 0) is 63.9 Å². The van der Waals surface area contributed by atoms with Crippen LogP contribution in [0.2, 0.25) is 0 Å². The lowest BCUT2D eigenvalue weighted by Crippen LogP contribution is -2.39. The summed E-state index contributed by atoms with van der Waals surface area (Å²) >= 11 is 0. The molecule has 0 atom stereocenters. The number of hydrogen-bond acceptors (Lipinski definition) is 2. The first-order chi connectivity index (χ1) is 9.10. The van der Waals surface area contributed by atoms with E-state index in [1.165, 1.54) is 25.7 Å². The molecule has 0 aromatic heterocycles. The lowest BCUT2D eigenvalue weighted by Gasteiger charge is -2.34. The summed E-state index contributed by atoms with van der Waals surface area (Å²) in [5.74, 6) is -0.0928. The molecule has 106 valence electrons. The van der Waals surface area contributed by atoms with Gasteiger partial charge in [0.15, 0.2) is 0 Å². The predicted molar refractivity (Wildman–Crippen MR) is 77.7 cm³/mol. The Bertz CT molecular complexity index is 411. The van der Waals surface area contributed by atoms with E-state index >= 15 is 0 Å². The molecular weight excluding hydrogens is 239 g/mol. The van der Waals surface area contributed by atoms with Gasteiger partial charge in [-0.25, -0.2) is 4.39 Å². The highest BCUT2D eigenvalue weighted by molar-refractivity contribution is 5.23. The highest BCUT2D eigenvalue weighted by atomic mass is 19.1. The van der Waals surface area contributed by atoms with E-state index in [2.05, 4.69) is 17.3 Å². The molecule has 0 saturated heterocycles. The average molecular weight is 264 g/mol. The molecule has 19 heavy (non-hydrogen) atoms. The second-order valence-corrected chi connectivity index (χ2v) is 5.79. The molecule has 1 saturated carbocycles. The third kappa shape index (κ3) is 3.77. The summed E-state index contributed by atoms with van der Waals surface area (Å²) in [6.07, 6.45) is 4.95. The first kappa shape index (κ1) is 14.5. The SMILES string of the molecule is CNC1CCC(N(C)Cc2ccc(C)c(F)c2)CC1. The van der Waals surface area contributed by atoms with Gasteiger partial charge < -0.3 is 5.32 Å². The summed E-state index contributed by atoms with van der Waals surface area (Å²) in [6.45, 7) is 2.65. The van der Waals surface area contributed by atoms with Crippen LogP contribution in [0.4, 0.5) is 4.39 Å². The molecule has 1 aromatic rings. The van der Waals surface area contributed by atoms with Gasteiger partial charge in [-0.1, -0.05) is 12.1 Å². The zero-order chi connectivity index (χ0) is 13.8. The Balaban J connectivity index is 1.90. The minimum atomic E-state index is -0.0928. The maximum Gasteiger partial charge on any atom is 0.126 e. The van der Waals surface area contributed by atoms with Crippen molar-refractivity contribution in [1.29, 1.82) is 0 Å². The van der Waals surface area contributed by atoms with Gasteiger partial charge in [-0.15, -0.1) is 0 Å². The van der Waals surface area contributed by atoms with E-state index in [0.29, 0.717) is 12.1 Å². The second kappa shape index (κ2) is 6.49. The number of hydrogen-bond donors (Lipinski definition) is 1. The molecule has 0 aliphatic heterocycles. The summed E-state index contributed by atoms with van der Waals surface area (Å²) in [7, 11) is 4.20. The van der Waals surface area contributed by atoms with Crippen molar-refractivity contribution in [1.82, 2.24) is 10.2 Å². The fraction of sp³-hybridized carbons (Fsp3) is 0.625. The normalized spacial score (nSPS) is 23.8. The average Bonchev–Trinajstić information content (AvgIpc) is 2.43. The Kier molecular flexibility index (Phi) is 4.94. The third-order valence-electron chi connectivity index (χ3n) is 4.40. The van der Waals surface area contributed by atoms with Crippen LogP contribution in [0.1, 0.15) is 36.8 Å². The van der Waals surface area contributed by atoms with Crippen LogP contribution < -0.4 is 5.32 Å². The van der Waals surface area contributed by atoms with Crippen molar-refractivity contribution >= 4 is 0 Å². The van der Waals surface area contributed by atoms with Crippen LogP contribution in [0.3, 0.4) is 0 Å². The van der Waals surface area contributed by atoms with Crippen molar-refractivity contribution in [3.8, 4) is 0 Å². The lowest BCUT2D eigenvalue weighted by molar-refractivity contribution is 0.170. The number of halogens is 1. The van der Waals surface area contributed by atoms with Crippen LogP contribution in [-0.4, -0.2) is 31.1 Å². The standard InChI is InChI=1S/C16H25FN2/c1-12-4-5-13(10-16(12)17)11-19(3)15-8-6-14(18-2)7-9-15/h4-5,10,14-15,18H,6-9,11H2,1-3H3. The molecule has 0 spiro atoms. The quantitative estimate of drug-likeness (QED) is 0.899. The Hall–Kier alpha value is -0.930. The Morgan fingerprint density at radius 1 is 1.26 bits per heavy atom. The number of aryl methyl sites for hydroxylation is 1. The van der Waals surface area contributed by atoms with Crippen LogP contribution in [0.5, 0.6) is 0 Å². The van der Waals surface area contributed by atoms with E-state index in [0.717, 1.165) is 17.7 Å². The summed E-state index contributed by atoms with van der Waals surface area (Å²) in [6, 6.07) is 6.89. The molecule has 3 heteroatoms. The molecule has 1 aliphatic carbocycles. The zero-order valence-corrected chi connectivity index (χ0v) is 12.2. The van der Waals surface area contributed by atoms with E-state index in [1.54, 1.807) is 6.07 Å². The molecular formula is C16H25FN2. The van der Waals surface area contributed by atoms with E-state index < -0.39 is 0 Å². The lowest BCUT2D eigenvalue weighted by atomic mass is 9.90. The highest BCUT2D eigenvalue weighted by Gasteiger charge is 2.23. The van der Waals surface area contributed by atoms with Crippen LogP contribution in [0.15, 0.2) is 18.2 Å². The molecule has 0 bridgehead atoms. The molecule has 1 aliphatic rings. The molecule has 0 heterocycles. The van der Waals surface area contributed by atoms with Crippen molar-refractivity contribution in [3.05, 3.63) is 35.1 Å². The summed E-state index contributed by atoms with van der Waals surface area (Å²) in [5.41, 5.74) is 1.79. The van der Waals surface area contributed by atoms with Crippen molar-refractivity contribution in [2.45, 2.75) is 51.2 Å². The summed E-state index contributed by atoms with van der Waals surface area (Å²) in [5, 5.41) is 3.36. The fourth-order valence-electron chi connectivity index (χ4n) is 2.96. The maximum atomic E-state index is 13.5. The van der Waals surface area contributed by atoms with Crippen LogP contribution >= 0.6 is 0 Å². The molecule has 2 nitrogen and oxygen atoms in total. The monoisotopic (exact) mass is 264 g/mol. The molecule has 1 N–H and O–H groups in total. The van der Waals surface area contributed by atoms with Crippen LogP contribution in [0, 0.1) is 12.7 Å². The third-order valence-corrected chi connectivity index (χ3v) is 4.40. The van der Waals surface area contributed by atoms with Gasteiger partial charge in [0.05, 0.1) is 0 Å². The van der Waals surface area contributed by atoms with Gasteiger partial charge in [0.2, 0.25) is 0 Å². The van der Waals surface area contributed by atoms with Crippen molar-refractivity contribution in [2.24, 2.45) is 0 Å². The number of rotatable bonds is 4. The van der Waals surface area contributed by atoms with Crippen molar-refractivity contribution in [2.75, 3.05) is 14.1 Å². The van der Waals surface area contributed by atoms with Crippen LogP contribution in [-0.2, 0) is 6.54 Å². The second-order valence-electron chi connectivity index (χ2n) is 5.79. The Labute approximate surface area is 116 Å². The first-order valence-electron chi connectivity index (χ1n) is 7.22. The molecule has 1 fully saturated rings. The Morgan fingerprint density at radius 2 is 1.95 bits per heavy atom. The molecule has 0 radical (unpaired) electrons. The van der Waals surface area contributed by atoms with E-state index in [-0.39, 0.29) is 5.82 Å². The smallest absolute Gasteiger partial charge is 0.126 e. The fourth-order valence-corrected chi connectivity index (χ4v) is 2.96. The maximum absolute atomic E-state index is 13.5. The van der Waals surface area contributed by atoms with Gasteiger partial charge in [0, 0.05) is 18.6 Å². The van der Waals surface area contributed by atoms with Gasteiger partial charge in [0.25, 0.3) is 0 Å². The molecule has 0 amide bonds. The number of nitrogens with one attached hydrogen (secondary N) is 1. The largest absolute Gasteiger partial charge is 0.317 e. The first-order valence-corrected chi connectivity index (χ1v) is 7.22. The zero-order valence-electron chi connectivity index (χ0n) is 12.2. The van der Waals surface area contributed by atoms with E-state index in [4.69, 9.17) is 0 Å². The molecule has 2 rings (SSSR count). The van der Waals surface area contributed by atoms with Crippen LogP contribution in [0.25, 0.3) is 0 Å². The topological polar surface area (TPSA) is 15.3 Å². The number of benzene rings is 1. The molecule has 0 unspecified atom stereocenters. The van der Waals surface area contributed by atoms with E-state index in [1.807, 2.05) is 26.1 Å². The van der Waals surface area contributed by atoms with Gasteiger partial charge in [-0.2, -0.15) is 0 Å². The minimum absolute atomic E-state index is 0.0928. The van der Waals surface area contributed by atoms with Gasteiger partial charge in [-0.3, -0.25) is 4.90 Å². The summed E-state index contributed by atoms with van der Waals surface area (Å²) < 4.78 is 13.5. The number of nitrogens with zero attached hydrogens (tertiary/aromatic N) is 1. The predicted octanol–water partition coefficient (Wildman–Crippen LogP) is 3.10. The van der Waals surface area contributed by atoms with Crippen molar-refractivity contribution < 1.29 is 4.39 Å². The minimum Gasteiger partial charge on any atom is -0.317 e. The van der Waals surface area contributed by atoms with Gasteiger partial charge in [0.1, 0.15) is 5.82 Å². The van der Waals surface area contributed by atoms with Crippen molar-refractivity contribution in [3.63, 3.8) is 0 Å². The molecule has 1 aromatic carbocycles. The highest BCUT2D eigenvalue weighted by Crippen LogP contribution is 2.23. The van der Waals surface area contributed by atoms with Gasteiger partial charge >= 0.3 is 0 Å². The van der Waals surface area contributed by atoms with E-state index in [9.17, 15) is 4.39 Å². The Morgan fingerprint density at radius 3 is 2.53 bits per heavy atom. The summed E-state index contributed by atoms with van der Waals surface area (Å²) in [4.78, 5) is 2.37.